The minimum atomic E-state index is -0.471. The van der Waals surface area contributed by atoms with E-state index in [-0.39, 0.29) is 13.2 Å². The van der Waals surface area contributed by atoms with Crippen LogP contribution in [-0.2, 0) is 22.5 Å². The molecule has 0 aliphatic carbocycles. The maximum Gasteiger partial charge on any atom is 0.341 e. The summed E-state index contributed by atoms with van der Waals surface area (Å²) in [4.78, 5) is 38.3. The Kier molecular flexibility index (Phi) is 5.84. The zero-order valence-corrected chi connectivity index (χ0v) is 16.6. The fourth-order valence-corrected chi connectivity index (χ4v) is 4.09. The van der Waals surface area contributed by atoms with Gasteiger partial charge in [-0.3, -0.25) is 9.59 Å². The first kappa shape index (κ1) is 19.7. The third-order valence-electron chi connectivity index (χ3n) is 4.22. The number of esters is 1. The van der Waals surface area contributed by atoms with E-state index in [4.69, 9.17) is 4.74 Å². The molecule has 2 heterocycles. The van der Waals surface area contributed by atoms with Crippen molar-refractivity contribution in [2.45, 2.75) is 33.7 Å². The molecule has 3 rings (SSSR count). The van der Waals surface area contributed by atoms with Gasteiger partial charge in [-0.1, -0.05) is 24.3 Å². The third kappa shape index (κ3) is 3.79. The van der Waals surface area contributed by atoms with Crippen molar-refractivity contribution in [3.05, 3.63) is 50.6 Å². The van der Waals surface area contributed by atoms with E-state index in [0.717, 1.165) is 15.1 Å². The topological polar surface area (TPSA) is 103 Å². The molecule has 0 atom stereocenters. The molecule has 9 heteroatoms. The van der Waals surface area contributed by atoms with Crippen molar-refractivity contribution in [1.82, 2.24) is 15.0 Å². The Morgan fingerprint density at radius 3 is 2.71 bits per heavy atom. The number of amides is 1. The first-order valence-electron chi connectivity index (χ1n) is 8.88. The molecule has 0 radical (unpaired) electrons. The molecule has 0 spiro atoms. The molecule has 2 aromatic heterocycles. The van der Waals surface area contributed by atoms with Gasteiger partial charge in [0.1, 0.15) is 17.1 Å². The number of carbonyl (C=O) groups is 2. The molecule has 0 unspecified atom stereocenters. The average molecular weight is 400 g/mol. The maximum atomic E-state index is 12.5. The second kappa shape index (κ2) is 8.30. The van der Waals surface area contributed by atoms with E-state index in [0.29, 0.717) is 27.9 Å². The van der Waals surface area contributed by atoms with E-state index in [9.17, 15) is 14.4 Å². The molecule has 8 nitrogen and oxygen atoms in total. The Hall–Kier alpha value is -3.07. The Morgan fingerprint density at radius 1 is 1.25 bits per heavy atom. The summed E-state index contributed by atoms with van der Waals surface area (Å²) in [6.45, 7) is 5.49. The number of fused-ring (bicyclic) bond motifs is 1. The van der Waals surface area contributed by atoms with Gasteiger partial charge in [0, 0.05) is 4.88 Å². The van der Waals surface area contributed by atoms with Gasteiger partial charge in [0.05, 0.1) is 17.6 Å². The highest BCUT2D eigenvalue weighted by molar-refractivity contribution is 7.16. The number of nitrogens with zero attached hydrogens (tertiary/aromatic N) is 3. The predicted octanol–water partition coefficient (Wildman–Crippen LogP) is 2.54. The highest BCUT2D eigenvalue weighted by Crippen LogP contribution is 2.34. The minimum Gasteiger partial charge on any atom is -0.462 e. The lowest BCUT2D eigenvalue weighted by molar-refractivity contribution is -0.117. The van der Waals surface area contributed by atoms with E-state index >= 15 is 0 Å². The molecule has 0 aliphatic rings. The van der Waals surface area contributed by atoms with Crippen LogP contribution in [0.3, 0.4) is 0 Å². The van der Waals surface area contributed by atoms with Crippen LogP contribution >= 0.6 is 11.3 Å². The van der Waals surface area contributed by atoms with Gasteiger partial charge in [0.2, 0.25) is 5.91 Å². The van der Waals surface area contributed by atoms with Crippen LogP contribution in [0.15, 0.2) is 29.1 Å². The summed E-state index contributed by atoms with van der Waals surface area (Å²) < 4.78 is 6.13. The molecule has 0 saturated carbocycles. The third-order valence-corrected chi connectivity index (χ3v) is 5.28. The summed E-state index contributed by atoms with van der Waals surface area (Å²) in [5, 5.41) is 11.3. The molecular formula is C19H20N4O4S. The Labute approximate surface area is 165 Å². The number of hydrogen-bond acceptors (Lipinski definition) is 7. The Morgan fingerprint density at radius 2 is 2.00 bits per heavy atom. The average Bonchev–Trinajstić information content (AvgIpc) is 2.99. The van der Waals surface area contributed by atoms with Crippen LogP contribution in [0.5, 0.6) is 0 Å². The van der Waals surface area contributed by atoms with Crippen molar-refractivity contribution >= 4 is 39.1 Å². The number of aromatic nitrogens is 3. The SMILES string of the molecule is CCOC(=O)c1c(NC(=O)Cn2nnc3ccccc3c2=O)sc(C)c1CC. The summed E-state index contributed by atoms with van der Waals surface area (Å²) in [5.41, 5.74) is 1.29. The number of anilines is 1. The smallest absolute Gasteiger partial charge is 0.341 e. The number of rotatable bonds is 6. The van der Waals surface area contributed by atoms with Crippen molar-refractivity contribution in [2.24, 2.45) is 0 Å². The van der Waals surface area contributed by atoms with E-state index in [1.54, 1.807) is 31.2 Å². The van der Waals surface area contributed by atoms with Crippen molar-refractivity contribution in [3.8, 4) is 0 Å². The van der Waals surface area contributed by atoms with Crippen molar-refractivity contribution in [3.63, 3.8) is 0 Å². The lowest BCUT2D eigenvalue weighted by atomic mass is 10.1. The van der Waals surface area contributed by atoms with E-state index in [1.165, 1.54) is 11.3 Å². The lowest BCUT2D eigenvalue weighted by Gasteiger charge is -2.08. The maximum absolute atomic E-state index is 12.5. The number of aryl methyl sites for hydroxylation is 1. The molecule has 0 bridgehead atoms. The Balaban J connectivity index is 1.87. The van der Waals surface area contributed by atoms with Crippen LogP contribution in [0.1, 0.15) is 34.6 Å². The summed E-state index contributed by atoms with van der Waals surface area (Å²) in [6.07, 6.45) is 0.641. The molecule has 1 amide bonds. The van der Waals surface area contributed by atoms with Crippen LogP contribution in [0, 0.1) is 6.92 Å². The number of carbonyl (C=O) groups excluding carboxylic acids is 2. The number of nitrogens with one attached hydrogen (secondary N) is 1. The highest BCUT2D eigenvalue weighted by atomic mass is 32.1. The molecule has 1 N–H and O–H groups in total. The van der Waals surface area contributed by atoms with Gasteiger partial charge in [-0.25, -0.2) is 9.48 Å². The van der Waals surface area contributed by atoms with Crippen LogP contribution in [0.25, 0.3) is 10.9 Å². The van der Waals surface area contributed by atoms with Crippen LogP contribution < -0.4 is 10.9 Å². The van der Waals surface area contributed by atoms with E-state index < -0.39 is 17.4 Å². The highest BCUT2D eigenvalue weighted by Gasteiger charge is 2.23. The first-order chi connectivity index (χ1) is 13.5. The summed E-state index contributed by atoms with van der Waals surface area (Å²) in [6, 6.07) is 6.80. The zero-order valence-electron chi connectivity index (χ0n) is 15.8. The summed E-state index contributed by atoms with van der Waals surface area (Å²) in [7, 11) is 0. The molecule has 0 fully saturated rings. The van der Waals surface area contributed by atoms with Gasteiger partial charge >= 0.3 is 5.97 Å². The van der Waals surface area contributed by atoms with Crippen LogP contribution in [-0.4, -0.2) is 33.5 Å². The van der Waals surface area contributed by atoms with Crippen molar-refractivity contribution in [1.29, 1.82) is 0 Å². The summed E-state index contributed by atoms with van der Waals surface area (Å²) >= 11 is 1.31. The van der Waals surface area contributed by atoms with Gasteiger partial charge in [-0.05, 0) is 38.0 Å². The first-order valence-corrected chi connectivity index (χ1v) is 9.69. The van der Waals surface area contributed by atoms with Crippen molar-refractivity contribution in [2.75, 3.05) is 11.9 Å². The fraction of sp³-hybridized carbons (Fsp3) is 0.316. The molecular weight excluding hydrogens is 380 g/mol. The van der Waals surface area contributed by atoms with Crippen molar-refractivity contribution < 1.29 is 14.3 Å². The van der Waals surface area contributed by atoms with E-state index in [1.807, 2.05) is 13.8 Å². The quantitative estimate of drug-likeness (QED) is 0.638. The van der Waals surface area contributed by atoms with Gasteiger partial charge < -0.3 is 10.1 Å². The van der Waals surface area contributed by atoms with Gasteiger partial charge in [-0.2, -0.15) is 0 Å². The predicted molar refractivity (Wildman–Crippen MR) is 107 cm³/mol. The molecule has 0 saturated heterocycles. The Bertz CT molecular complexity index is 1100. The normalized spacial score (nSPS) is 10.8. The number of hydrogen-bond donors (Lipinski definition) is 1. The molecule has 28 heavy (non-hydrogen) atoms. The standard InChI is InChI=1S/C19H20N4O4S/c1-4-12-11(3)28-17(16(12)19(26)27-5-2)20-15(24)10-23-18(25)13-8-6-7-9-14(13)21-22-23/h6-9H,4-5,10H2,1-3H3,(H,20,24). The van der Waals surface area contributed by atoms with Gasteiger partial charge in [0.25, 0.3) is 5.56 Å². The largest absolute Gasteiger partial charge is 0.462 e. The molecule has 0 aliphatic heterocycles. The second-order valence-electron chi connectivity index (χ2n) is 6.03. The lowest BCUT2D eigenvalue weighted by Crippen LogP contribution is -2.30. The summed E-state index contributed by atoms with van der Waals surface area (Å²) in [5.74, 6) is -0.942. The van der Waals surface area contributed by atoms with E-state index in [2.05, 4.69) is 15.6 Å². The van der Waals surface area contributed by atoms with Crippen LogP contribution in [0.2, 0.25) is 0 Å². The zero-order chi connectivity index (χ0) is 20.3. The second-order valence-corrected chi connectivity index (χ2v) is 7.26. The molecule has 146 valence electrons. The van der Waals surface area contributed by atoms with Gasteiger partial charge in [0.15, 0.2) is 0 Å². The minimum absolute atomic E-state index is 0.242. The number of ether oxygens (including phenoxy) is 1. The molecule has 3 aromatic rings. The molecule has 1 aromatic carbocycles. The monoisotopic (exact) mass is 400 g/mol. The number of thiophene rings is 1. The van der Waals surface area contributed by atoms with Crippen LogP contribution in [0.4, 0.5) is 5.00 Å². The fourth-order valence-electron chi connectivity index (χ4n) is 2.94. The van der Waals surface area contributed by atoms with Gasteiger partial charge in [-0.15, -0.1) is 16.4 Å². The number of benzene rings is 1.